The van der Waals surface area contributed by atoms with Crippen LogP contribution >= 0.6 is 0 Å². The zero-order valence-electron chi connectivity index (χ0n) is 18.5. The van der Waals surface area contributed by atoms with Gasteiger partial charge in [-0.3, -0.25) is 15.4 Å². The summed E-state index contributed by atoms with van der Waals surface area (Å²) in [6, 6.07) is 12.3. The van der Waals surface area contributed by atoms with Gasteiger partial charge in [0.05, 0.1) is 22.2 Å². The summed E-state index contributed by atoms with van der Waals surface area (Å²) in [5.74, 6) is 0.146. The van der Waals surface area contributed by atoms with Crippen LogP contribution in [-0.4, -0.2) is 32.3 Å². The number of rotatable bonds is 4. The van der Waals surface area contributed by atoms with Crippen molar-refractivity contribution >= 4 is 27.0 Å². The van der Waals surface area contributed by atoms with Crippen LogP contribution in [0.5, 0.6) is 0 Å². The van der Waals surface area contributed by atoms with Gasteiger partial charge in [0, 0.05) is 30.6 Å². The monoisotopic (exact) mass is 473 g/mol. The van der Waals surface area contributed by atoms with E-state index in [1.807, 2.05) is 23.9 Å². The summed E-state index contributed by atoms with van der Waals surface area (Å²) < 4.78 is 31.1. The second-order valence-electron chi connectivity index (χ2n) is 8.63. The predicted molar refractivity (Wildman–Crippen MR) is 126 cm³/mol. The van der Waals surface area contributed by atoms with Gasteiger partial charge in [-0.15, -0.1) is 0 Å². The molecule has 1 aromatic carbocycles. The second kappa shape index (κ2) is 8.11. The largest absolute Gasteiger partial charge is 0.350 e. The molecule has 10 heteroatoms. The molecule has 172 valence electrons. The van der Waals surface area contributed by atoms with E-state index in [2.05, 4.69) is 11.1 Å². The van der Waals surface area contributed by atoms with Gasteiger partial charge in [0.25, 0.3) is 10.0 Å². The van der Waals surface area contributed by atoms with E-state index in [-0.39, 0.29) is 33.8 Å². The number of fused-ring (bicyclic) bond motifs is 1. The van der Waals surface area contributed by atoms with Crippen molar-refractivity contribution in [3.05, 3.63) is 77.8 Å². The summed E-state index contributed by atoms with van der Waals surface area (Å²) in [5.41, 5.74) is 2.18. The fourth-order valence-electron chi connectivity index (χ4n) is 4.65. The van der Waals surface area contributed by atoms with Crippen molar-refractivity contribution in [1.29, 1.82) is 16.1 Å². The van der Waals surface area contributed by atoms with Gasteiger partial charge >= 0.3 is 0 Å². The van der Waals surface area contributed by atoms with Crippen molar-refractivity contribution in [2.75, 3.05) is 0 Å². The van der Waals surface area contributed by atoms with Crippen LogP contribution in [0, 0.1) is 35.0 Å². The van der Waals surface area contributed by atoms with Gasteiger partial charge in [-0.25, -0.2) is 17.4 Å². The molecule has 3 heterocycles. The first kappa shape index (κ1) is 21.9. The summed E-state index contributed by atoms with van der Waals surface area (Å²) in [7, 11) is -3.88. The summed E-state index contributed by atoms with van der Waals surface area (Å²) >= 11 is 0. The fourth-order valence-corrected chi connectivity index (χ4v) is 5.94. The molecule has 0 unspecified atom stereocenters. The topological polar surface area (TPSA) is 133 Å². The van der Waals surface area contributed by atoms with Crippen LogP contribution in [0.15, 0.2) is 66.1 Å². The molecule has 34 heavy (non-hydrogen) atoms. The van der Waals surface area contributed by atoms with Crippen molar-refractivity contribution in [2.24, 2.45) is 5.92 Å². The zero-order chi connectivity index (χ0) is 24.0. The highest BCUT2D eigenvalue weighted by molar-refractivity contribution is 7.90. The highest BCUT2D eigenvalue weighted by Gasteiger charge is 2.31. The number of nitrogens with zero attached hydrogens (tertiary/aromatic N) is 5. The molecule has 4 aromatic rings. The van der Waals surface area contributed by atoms with Gasteiger partial charge in [0.1, 0.15) is 17.4 Å². The van der Waals surface area contributed by atoms with E-state index in [4.69, 9.17) is 16.1 Å². The van der Waals surface area contributed by atoms with E-state index in [0.29, 0.717) is 17.5 Å². The maximum Gasteiger partial charge on any atom is 0.269 e. The Balaban J connectivity index is 1.50. The molecule has 1 aliphatic carbocycles. The number of benzene rings is 1. The molecule has 0 spiro atoms. The Labute approximate surface area is 196 Å². The number of hydrogen-bond donors (Lipinski definition) is 2. The molecule has 3 aromatic heterocycles. The van der Waals surface area contributed by atoms with E-state index in [0.717, 1.165) is 22.4 Å². The Morgan fingerprint density at radius 3 is 2.62 bits per heavy atom. The van der Waals surface area contributed by atoms with E-state index in [1.54, 1.807) is 36.4 Å². The number of hydrogen-bond acceptors (Lipinski definition) is 6. The van der Waals surface area contributed by atoms with Crippen molar-refractivity contribution in [2.45, 2.75) is 37.1 Å². The lowest BCUT2D eigenvalue weighted by molar-refractivity contribution is 0.510. The lowest BCUT2D eigenvalue weighted by Crippen LogP contribution is -2.31. The SMILES string of the molecule is Cc1ccc(S(=O)(=O)n2ccc3c2ncc(=N)n3C(=N)[C@@H]2CC[C@H](n3ccc(C#N)c3)C2)cc1. The van der Waals surface area contributed by atoms with Gasteiger partial charge in [0.2, 0.25) is 0 Å². The van der Waals surface area contributed by atoms with Gasteiger partial charge in [0.15, 0.2) is 5.65 Å². The molecule has 0 radical (unpaired) electrons. The fraction of sp³-hybridized carbons (Fsp3) is 0.250. The zero-order valence-corrected chi connectivity index (χ0v) is 19.3. The Morgan fingerprint density at radius 1 is 1.15 bits per heavy atom. The smallest absolute Gasteiger partial charge is 0.269 e. The van der Waals surface area contributed by atoms with Crippen molar-refractivity contribution in [3.8, 4) is 6.07 Å². The third-order valence-corrected chi connectivity index (χ3v) is 8.15. The standard InChI is InChI=1S/C24H23N7O2S/c1-16-2-6-20(7-3-16)34(32,33)30-11-9-21-24(30)28-14-22(26)31(21)23(27)18-4-5-19(12-18)29-10-8-17(13-25)15-29/h2-3,6-11,14-15,18-19,26-27H,4-5,12H2,1H3/t18-,19+/m1/s1. The van der Waals surface area contributed by atoms with Gasteiger partial charge in [-0.2, -0.15) is 5.26 Å². The first-order chi connectivity index (χ1) is 16.3. The first-order valence-electron chi connectivity index (χ1n) is 10.9. The van der Waals surface area contributed by atoms with E-state index in [1.165, 1.54) is 17.0 Å². The molecule has 5 rings (SSSR count). The predicted octanol–water partition coefficient (Wildman–Crippen LogP) is 3.40. The molecule has 2 atom stereocenters. The van der Waals surface area contributed by atoms with Crippen LogP contribution in [0.3, 0.4) is 0 Å². The molecular formula is C24H23N7O2S. The van der Waals surface area contributed by atoms with Crippen LogP contribution in [0.2, 0.25) is 0 Å². The van der Waals surface area contributed by atoms with Crippen molar-refractivity contribution in [1.82, 2.24) is 18.1 Å². The van der Waals surface area contributed by atoms with Crippen LogP contribution in [0.1, 0.15) is 36.4 Å². The first-order valence-corrected chi connectivity index (χ1v) is 12.4. The third-order valence-electron chi connectivity index (χ3n) is 6.47. The number of nitriles is 1. The molecule has 1 fully saturated rings. The lowest BCUT2D eigenvalue weighted by atomic mass is 10.1. The van der Waals surface area contributed by atoms with Gasteiger partial charge in [-0.05, 0) is 50.5 Å². The minimum absolute atomic E-state index is 0.0270. The van der Waals surface area contributed by atoms with Gasteiger partial charge < -0.3 is 4.57 Å². The second-order valence-corrected chi connectivity index (χ2v) is 10.4. The number of aromatic nitrogens is 4. The van der Waals surface area contributed by atoms with E-state index in [9.17, 15) is 8.42 Å². The molecule has 1 aliphatic rings. The minimum atomic E-state index is -3.88. The van der Waals surface area contributed by atoms with Gasteiger partial charge in [-0.1, -0.05) is 17.7 Å². The molecule has 0 aliphatic heterocycles. The normalized spacial score (nSPS) is 18.2. The Kier molecular flexibility index (Phi) is 5.21. The Bertz CT molecular complexity index is 1620. The van der Waals surface area contributed by atoms with Crippen LogP contribution in [-0.2, 0) is 10.0 Å². The number of aryl methyl sites for hydroxylation is 1. The Hall–Kier alpha value is -3.97. The van der Waals surface area contributed by atoms with Crippen molar-refractivity contribution in [3.63, 3.8) is 0 Å². The minimum Gasteiger partial charge on any atom is -0.350 e. The van der Waals surface area contributed by atoms with E-state index >= 15 is 0 Å². The molecule has 9 nitrogen and oxygen atoms in total. The van der Waals surface area contributed by atoms with E-state index < -0.39 is 10.0 Å². The highest BCUT2D eigenvalue weighted by atomic mass is 32.2. The molecule has 0 saturated heterocycles. The van der Waals surface area contributed by atoms with Crippen LogP contribution in [0.4, 0.5) is 0 Å². The highest BCUT2D eigenvalue weighted by Crippen LogP contribution is 2.36. The quantitative estimate of drug-likeness (QED) is 0.347. The average molecular weight is 474 g/mol. The summed E-state index contributed by atoms with van der Waals surface area (Å²) in [6.07, 6.45) is 8.75. The number of nitrogens with one attached hydrogen (secondary N) is 2. The van der Waals surface area contributed by atoms with Crippen LogP contribution < -0.4 is 5.49 Å². The maximum absolute atomic E-state index is 13.3. The van der Waals surface area contributed by atoms with Crippen LogP contribution in [0.25, 0.3) is 11.2 Å². The molecule has 0 bridgehead atoms. The molecule has 0 amide bonds. The van der Waals surface area contributed by atoms with Crippen molar-refractivity contribution < 1.29 is 8.42 Å². The summed E-state index contributed by atoms with van der Waals surface area (Å²) in [6.45, 7) is 1.89. The Morgan fingerprint density at radius 2 is 1.91 bits per heavy atom. The molecule has 2 N–H and O–H groups in total. The summed E-state index contributed by atoms with van der Waals surface area (Å²) in [4.78, 5) is 4.39. The lowest BCUT2D eigenvalue weighted by Gasteiger charge is -2.17. The molecular weight excluding hydrogens is 450 g/mol. The average Bonchev–Trinajstić information content (AvgIpc) is 3.57. The summed E-state index contributed by atoms with van der Waals surface area (Å²) in [5, 5.41) is 26.4. The third kappa shape index (κ3) is 3.54. The maximum atomic E-state index is 13.3. The molecule has 1 saturated carbocycles.